The molecule has 2 aromatic rings. The molecule has 2 aromatic carbocycles. The Bertz CT molecular complexity index is 1230. The number of esters is 1. The fourth-order valence-corrected chi connectivity index (χ4v) is 4.64. The highest BCUT2D eigenvalue weighted by Gasteiger charge is 2.34. The summed E-state index contributed by atoms with van der Waals surface area (Å²) in [6, 6.07) is 10.4. The van der Waals surface area contributed by atoms with E-state index in [9.17, 15) is 14.7 Å². The van der Waals surface area contributed by atoms with Crippen molar-refractivity contribution in [1.82, 2.24) is 0 Å². The number of nitrogens with zero attached hydrogens (tertiary/aromatic N) is 1. The second-order valence-corrected chi connectivity index (χ2v) is 9.30. The topological polar surface area (TPSA) is 85.2 Å². The Kier molecular flexibility index (Phi) is 8.23. The second kappa shape index (κ2) is 10.9. The molecule has 0 unspecified atom stereocenters. The molecular formula is C26H26ClNO5S. The van der Waals surface area contributed by atoms with Crippen molar-refractivity contribution in [2.45, 2.75) is 33.6 Å². The van der Waals surface area contributed by atoms with Crippen LogP contribution in [-0.2, 0) is 9.53 Å². The minimum atomic E-state index is -0.754. The molecule has 0 atom stereocenters. The molecule has 34 heavy (non-hydrogen) atoms. The van der Waals surface area contributed by atoms with Gasteiger partial charge in [-0.3, -0.25) is 4.79 Å². The summed E-state index contributed by atoms with van der Waals surface area (Å²) in [5.74, 6) is -0.653. The SMILES string of the molecule is CCOC(=O)C1=C(O)/C(=C/c2cc(C(C)C)c(OC)cc2C)SC1=NC(=O)c1ccccc1Cl. The summed E-state index contributed by atoms with van der Waals surface area (Å²) in [4.78, 5) is 29.9. The van der Waals surface area contributed by atoms with Crippen LogP contribution in [0.15, 0.2) is 57.6 Å². The van der Waals surface area contributed by atoms with E-state index in [2.05, 4.69) is 18.8 Å². The highest BCUT2D eigenvalue weighted by atomic mass is 35.5. The van der Waals surface area contributed by atoms with Gasteiger partial charge in [0, 0.05) is 0 Å². The molecule has 0 radical (unpaired) electrons. The van der Waals surface area contributed by atoms with Gasteiger partial charge in [0.25, 0.3) is 5.91 Å². The lowest BCUT2D eigenvalue weighted by Gasteiger charge is -2.15. The van der Waals surface area contributed by atoms with E-state index in [4.69, 9.17) is 21.1 Å². The number of carbonyl (C=O) groups is 2. The van der Waals surface area contributed by atoms with Gasteiger partial charge in [-0.2, -0.15) is 0 Å². The quantitative estimate of drug-likeness (QED) is 0.458. The number of ether oxygens (including phenoxy) is 2. The monoisotopic (exact) mass is 499 g/mol. The Hall–Kier alpha value is -3.03. The van der Waals surface area contributed by atoms with Crippen molar-refractivity contribution in [3.8, 4) is 5.75 Å². The number of aryl methyl sites for hydroxylation is 1. The zero-order valence-corrected chi connectivity index (χ0v) is 21.2. The molecule has 178 valence electrons. The number of hydrogen-bond donors (Lipinski definition) is 1. The average molecular weight is 500 g/mol. The zero-order valence-electron chi connectivity index (χ0n) is 19.6. The van der Waals surface area contributed by atoms with E-state index in [-0.39, 0.29) is 39.5 Å². The molecule has 0 saturated heterocycles. The number of aliphatic imine (C=N–C) groups is 1. The summed E-state index contributed by atoms with van der Waals surface area (Å²) < 4.78 is 10.6. The predicted octanol–water partition coefficient (Wildman–Crippen LogP) is 6.48. The standard InChI is InChI=1S/C26H26ClNO5S/c1-6-33-26(31)22-23(29)21(13-16-12-18(14(2)3)20(32-5)11-15(16)4)34-25(22)28-24(30)17-9-7-8-10-19(17)27/h7-14,29H,6H2,1-5H3/b21-13-,28-25?. The van der Waals surface area contributed by atoms with Crippen LogP contribution in [0.5, 0.6) is 5.75 Å². The van der Waals surface area contributed by atoms with Crippen LogP contribution < -0.4 is 4.74 Å². The highest BCUT2D eigenvalue weighted by molar-refractivity contribution is 8.18. The van der Waals surface area contributed by atoms with Crippen molar-refractivity contribution >= 4 is 46.4 Å². The lowest BCUT2D eigenvalue weighted by Crippen LogP contribution is -2.14. The molecule has 3 rings (SSSR count). The fourth-order valence-electron chi connectivity index (χ4n) is 3.42. The maximum atomic E-state index is 12.8. The Morgan fingerprint density at radius 1 is 1.24 bits per heavy atom. The van der Waals surface area contributed by atoms with Crippen LogP contribution in [0.3, 0.4) is 0 Å². The van der Waals surface area contributed by atoms with Crippen LogP contribution in [0, 0.1) is 6.92 Å². The van der Waals surface area contributed by atoms with Crippen LogP contribution in [-0.4, -0.2) is 35.7 Å². The largest absolute Gasteiger partial charge is 0.506 e. The number of aliphatic hydroxyl groups excluding tert-OH is 1. The molecule has 0 bridgehead atoms. The van der Waals surface area contributed by atoms with Crippen LogP contribution in [0.4, 0.5) is 0 Å². The van der Waals surface area contributed by atoms with Crippen molar-refractivity contribution in [2.24, 2.45) is 4.99 Å². The van der Waals surface area contributed by atoms with Gasteiger partial charge in [-0.05, 0) is 66.8 Å². The van der Waals surface area contributed by atoms with Gasteiger partial charge in [0.05, 0.1) is 29.2 Å². The van der Waals surface area contributed by atoms with Crippen LogP contribution >= 0.6 is 23.4 Å². The van der Waals surface area contributed by atoms with E-state index < -0.39 is 11.9 Å². The van der Waals surface area contributed by atoms with Gasteiger partial charge >= 0.3 is 5.97 Å². The maximum Gasteiger partial charge on any atom is 0.344 e. The van der Waals surface area contributed by atoms with E-state index in [0.29, 0.717) is 4.91 Å². The lowest BCUT2D eigenvalue weighted by atomic mass is 9.96. The normalized spacial score (nSPS) is 16.0. The minimum absolute atomic E-state index is 0.0577. The molecule has 1 N–H and O–H groups in total. The number of methoxy groups -OCH3 is 1. The Balaban J connectivity index is 2.10. The van der Waals surface area contributed by atoms with Crippen molar-refractivity contribution in [3.63, 3.8) is 0 Å². The number of aliphatic hydroxyl groups is 1. The second-order valence-electron chi connectivity index (χ2n) is 7.86. The van der Waals surface area contributed by atoms with E-state index in [1.165, 1.54) is 0 Å². The van der Waals surface area contributed by atoms with E-state index >= 15 is 0 Å². The van der Waals surface area contributed by atoms with Gasteiger partial charge in [0.15, 0.2) is 0 Å². The van der Waals surface area contributed by atoms with E-state index in [1.807, 2.05) is 19.1 Å². The molecule has 8 heteroatoms. The summed E-state index contributed by atoms with van der Waals surface area (Å²) in [5.41, 5.74) is 2.84. The molecule has 1 aliphatic heterocycles. The van der Waals surface area contributed by atoms with Crippen LogP contribution in [0.2, 0.25) is 5.02 Å². The smallest absolute Gasteiger partial charge is 0.344 e. The number of amides is 1. The third-order valence-corrected chi connectivity index (χ3v) is 6.55. The number of hydrogen-bond acceptors (Lipinski definition) is 6. The zero-order chi connectivity index (χ0) is 25.0. The molecule has 0 saturated carbocycles. The first kappa shape index (κ1) is 25.6. The van der Waals surface area contributed by atoms with Crippen LogP contribution in [0.1, 0.15) is 53.7 Å². The predicted molar refractivity (Wildman–Crippen MR) is 137 cm³/mol. The molecule has 0 fully saturated rings. The summed E-state index contributed by atoms with van der Waals surface area (Å²) in [5, 5.41) is 11.2. The van der Waals surface area contributed by atoms with Gasteiger partial charge in [0.2, 0.25) is 0 Å². The fraction of sp³-hybridized carbons (Fsp3) is 0.269. The first-order valence-electron chi connectivity index (χ1n) is 10.7. The summed E-state index contributed by atoms with van der Waals surface area (Å²) in [6.45, 7) is 7.84. The average Bonchev–Trinajstić information content (AvgIpc) is 3.09. The molecule has 1 amide bonds. The van der Waals surface area contributed by atoms with Crippen molar-refractivity contribution < 1.29 is 24.2 Å². The number of benzene rings is 2. The molecule has 1 aliphatic rings. The lowest BCUT2D eigenvalue weighted by molar-refractivity contribution is -0.138. The third kappa shape index (κ3) is 5.37. The van der Waals surface area contributed by atoms with Crippen molar-refractivity contribution in [2.75, 3.05) is 13.7 Å². The number of thioether (sulfide) groups is 1. The molecule has 0 spiro atoms. The van der Waals surface area contributed by atoms with Crippen molar-refractivity contribution in [1.29, 1.82) is 0 Å². The first-order chi connectivity index (χ1) is 16.2. The molecular weight excluding hydrogens is 474 g/mol. The maximum absolute atomic E-state index is 12.8. The van der Waals surface area contributed by atoms with E-state index in [1.54, 1.807) is 44.4 Å². The molecule has 0 aromatic heterocycles. The van der Waals surface area contributed by atoms with Gasteiger partial charge in [-0.25, -0.2) is 9.79 Å². The van der Waals surface area contributed by atoms with Crippen LogP contribution in [0.25, 0.3) is 6.08 Å². The number of halogens is 1. The van der Waals surface area contributed by atoms with Gasteiger partial charge in [-0.1, -0.05) is 49.3 Å². The highest BCUT2D eigenvalue weighted by Crippen LogP contribution is 2.40. The molecule has 0 aliphatic carbocycles. The Labute approximate surface area is 208 Å². The van der Waals surface area contributed by atoms with Crippen molar-refractivity contribution in [3.05, 3.63) is 79.9 Å². The first-order valence-corrected chi connectivity index (χ1v) is 11.9. The van der Waals surface area contributed by atoms with Gasteiger partial charge in [-0.15, -0.1) is 0 Å². The Morgan fingerprint density at radius 3 is 2.56 bits per heavy atom. The summed E-state index contributed by atoms with van der Waals surface area (Å²) >= 11 is 7.16. The Morgan fingerprint density at radius 2 is 1.94 bits per heavy atom. The molecule has 6 nitrogen and oxygen atoms in total. The summed E-state index contributed by atoms with van der Waals surface area (Å²) in [7, 11) is 1.63. The summed E-state index contributed by atoms with van der Waals surface area (Å²) in [6.07, 6.45) is 1.77. The van der Waals surface area contributed by atoms with E-state index in [0.717, 1.165) is 34.2 Å². The molecule has 1 heterocycles. The third-order valence-electron chi connectivity index (χ3n) is 5.20. The van der Waals surface area contributed by atoms with Gasteiger partial charge < -0.3 is 14.6 Å². The minimum Gasteiger partial charge on any atom is -0.506 e. The van der Waals surface area contributed by atoms with Gasteiger partial charge in [0.1, 0.15) is 22.1 Å². The number of rotatable bonds is 6. The number of carbonyl (C=O) groups excluding carboxylic acids is 2.